The third-order valence-electron chi connectivity index (χ3n) is 11.9. The molecule has 2 atom stereocenters. The molecule has 3 aromatic carbocycles. The van der Waals surface area contributed by atoms with E-state index in [0.29, 0.717) is 76.5 Å². The molecule has 2 aliphatic heterocycles. The van der Waals surface area contributed by atoms with Crippen LogP contribution in [0.3, 0.4) is 0 Å². The van der Waals surface area contributed by atoms with Crippen molar-refractivity contribution in [3.8, 4) is 22.3 Å². The van der Waals surface area contributed by atoms with Crippen molar-refractivity contribution in [3.63, 3.8) is 0 Å². The number of benzene rings is 3. The normalized spacial score (nSPS) is 16.4. The van der Waals surface area contributed by atoms with Gasteiger partial charge in [-0.3, -0.25) is 24.1 Å². The van der Waals surface area contributed by atoms with E-state index in [9.17, 15) is 37.6 Å². The van der Waals surface area contributed by atoms with Crippen LogP contribution >= 0.6 is 23.6 Å². The lowest BCUT2D eigenvalue weighted by molar-refractivity contribution is -0.144. The molecule has 2 fully saturated rings. The Morgan fingerprint density at radius 3 is 2.36 bits per heavy atom. The first kappa shape index (κ1) is 52.4. The number of alkyl halides is 3. The minimum absolute atomic E-state index is 0.0146. The molecule has 19 heteroatoms. The van der Waals surface area contributed by atoms with Crippen LogP contribution in [0.15, 0.2) is 72.2 Å². The summed E-state index contributed by atoms with van der Waals surface area (Å²) in [5.41, 5.74) is 1.63. The fourth-order valence-corrected chi connectivity index (χ4v) is 9.51. The van der Waals surface area contributed by atoms with E-state index in [4.69, 9.17) is 26.4 Å². The number of amides is 4. The number of aromatic nitrogens is 1. The molecule has 2 N–H and O–H groups in total. The number of hydrogen-bond donors (Lipinski definition) is 2. The smallest absolute Gasteiger partial charge is 0.417 e. The summed E-state index contributed by atoms with van der Waals surface area (Å²) >= 11 is 7.24. The molecule has 0 bridgehead atoms. The number of aryl methyl sites for hydroxylation is 1. The molecule has 368 valence electrons. The van der Waals surface area contributed by atoms with E-state index >= 15 is 0 Å². The number of anilines is 2. The Labute approximate surface area is 410 Å². The van der Waals surface area contributed by atoms with Crippen molar-refractivity contribution < 1.29 is 46.6 Å². The van der Waals surface area contributed by atoms with Crippen LogP contribution in [0.1, 0.15) is 89.1 Å². The highest BCUT2D eigenvalue weighted by Gasteiger charge is 2.51. The first-order valence-corrected chi connectivity index (χ1v) is 24.1. The number of unbranched alkanes of at least 4 members (excludes halogenated alkanes) is 1. The summed E-state index contributed by atoms with van der Waals surface area (Å²) < 4.78 is 58.6. The number of halogens is 3. The third kappa shape index (κ3) is 12.8. The topological polar surface area (TPSA) is 166 Å². The van der Waals surface area contributed by atoms with Crippen molar-refractivity contribution in [2.24, 2.45) is 5.41 Å². The number of carbonyl (C=O) groups is 4. The first-order chi connectivity index (χ1) is 32.7. The molecular weight excluding hydrogens is 932 g/mol. The number of nitriles is 1. The molecule has 0 aliphatic carbocycles. The Hall–Kier alpha value is -5.94. The van der Waals surface area contributed by atoms with Gasteiger partial charge in [0.05, 0.1) is 45.6 Å². The molecule has 6 rings (SSSR count). The number of ether oxygens (including phenoxy) is 3. The lowest BCUT2D eigenvalue weighted by Crippen LogP contribution is -2.58. The summed E-state index contributed by atoms with van der Waals surface area (Å²) in [6.07, 6.45) is -1.68. The van der Waals surface area contributed by atoms with Crippen LogP contribution in [0.25, 0.3) is 10.4 Å². The van der Waals surface area contributed by atoms with Gasteiger partial charge in [0, 0.05) is 44.7 Å². The number of nitrogens with zero attached hydrogens (tertiary/aromatic N) is 5. The van der Waals surface area contributed by atoms with Crippen molar-refractivity contribution in [1.82, 2.24) is 20.5 Å². The van der Waals surface area contributed by atoms with Crippen LogP contribution in [-0.2, 0) is 41.4 Å². The van der Waals surface area contributed by atoms with E-state index in [1.54, 1.807) is 65.3 Å². The molecule has 0 spiro atoms. The van der Waals surface area contributed by atoms with Crippen molar-refractivity contribution in [2.75, 3.05) is 49.4 Å². The van der Waals surface area contributed by atoms with Gasteiger partial charge in [-0.05, 0) is 112 Å². The molecule has 1 aromatic heterocycles. The Balaban J connectivity index is 0.873. The highest BCUT2D eigenvalue weighted by Crippen LogP contribution is 2.40. The standard InChI is InChI=1S/C50H58F3N7O7S2/c1-32-42(69-31-56-32)34-17-15-33(16-18-34)29-55-44(62)40-14-10-21-58(40)45(63)43(48(2,3)4)57-41(61)30-66-24-11-23-65-22-7-8-25-67-38-13-9-12-37(26-38)60-47(68)59(46(64)49(60,5)6)36-20-19-35(28-54)39(27-36)50(51,52)53/h9,12-13,15-20,26-27,31,40,43H,7-8,10-11,14,21-25,29-30H2,1-6H3,(H,55,62)(H,57,61)/t40-,43?/m0/s1. The molecule has 0 radical (unpaired) electrons. The van der Waals surface area contributed by atoms with Crippen LogP contribution < -0.4 is 25.2 Å². The van der Waals surface area contributed by atoms with Crippen LogP contribution in [0.2, 0.25) is 0 Å². The van der Waals surface area contributed by atoms with Gasteiger partial charge in [-0.2, -0.15) is 18.4 Å². The molecule has 2 saturated heterocycles. The number of thiocarbonyl (C=S) groups is 1. The summed E-state index contributed by atoms with van der Waals surface area (Å²) in [6, 6.07) is 18.0. The average Bonchev–Trinajstić information content (AvgIpc) is 4.02. The lowest BCUT2D eigenvalue weighted by Gasteiger charge is -2.35. The van der Waals surface area contributed by atoms with Gasteiger partial charge in [0.2, 0.25) is 17.7 Å². The van der Waals surface area contributed by atoms with E-state index in [2.05, 4.69) is 15.6 Å². The van der Waals surface area contributed by atoms with Gasteiger partial charge < -0.3 is 34.6 Å². The maximum atomic E-state index is 13.9. The van der Waals surface area contributed by atoms with Crippen LogP contribution in [0, 0.1) is 23.7 Å². The van der Waals surface area contributed by atoms with E-state index < -0.39 is 52.2 Å². The Morgan fingerprint density at radius 1 is 0.971 bits per heavy atom. The van der Waals surface area contributed by atoms with Gasteiger partial charge >= 0.3 is 6.18 Å². The molecule has 4 aromatic rings. The highest BCUT2D eigenvalue weighted by atomic mass is 32.1. The predicted molar refractivity (Wildman–Crippen MR) is 260 cm³/mol. The van der Waals surface area contributed by atoms with Crippen LogP contribution in [0.4, 0.5) is 24.5 Å². The number of carbonyl (C=O) groups excluding carboxylic acids is 4. The van der Waals surface area contributed by atoms with Gasteiger partial charge in [0.15, 0.2) is 5.11 Å². The molecule has 0 saturated carbocycles. The summed E-state index contributed by atoms with van der Waals surface area (Å²) in [6.45, 7) is 12.9. The van der Waals surface area contributed by atoms with Gasteiger partial charge in [-0.15, -0.1) is 11.3 Å². The number of hydrogen-bond acceptors (Lipinski definition) is 11. The fourth-order valence-electron chi connectivity index (χ4n) is 8.18. The highest BCUT2D eigenvalue weighted by molar-refractivity contribution is 7.81. The number of rotatable bonds is 20. The average molecular weight is 990 g/mol. The molecule has 3 heterocycles. The van der Waals surface area contributed by atoms with Crippen molar-refractivity contribution in [1.29, 1.82) is 5.26 Å². The minimum atomic E-state index is -4.81. The van der Waals surface area contributed by atoms with Crippen molar-refractivity contribution >= 4 is 63.7 Å². The number of nitrogens with one attached hydrogen (secondary N) is 2. The van der Waals surface area contributed by atoms with E-state index in [-0.39, 0.29) is 35.8 Å². The summed E-state index contributed by atoms with van der Waals surface area (Å²) in [4.78, 5) is 63.5. The fraction of sp³-hybridized carbons (Fsp3) is 0.460. The second-order valence-corrected chi connectivity index (χ2v) is 19.7. The van der Waals surface area contributed by atoms with Gasteiger partial charge in [-0.1, -0.05) is 51.1 Å². The summed E-state index contributed by atoms with van der Waals surface area (Å²) in [5.74, 6) is -0.981. The Morgan fingerprint density at radius 2 is 1.68 bits per heavy atom. The lowest BCUT2D eigenvalue weighted by atomic mass is 9.85. The molecule has 4 amide bonds. The number of likely N-dealkylation sites (tertiary alicyclic amines) is 1. The predicted octanol–water partition coefficient (Wildman–Crippen LogP) is 8.35. The first-order valence-electron chi connectivity index (χ1n) is 22.8. The zero-order valence-corrected chi connectivity index (χ0v) is 41.2. The van der Waals surface area contributed by atoms with E-state index in [1.807, 2.05) is 57.5 Å². The minimum Gasteiger partial charge on any atom is -0.494 e. The molecular formula is C50H58F3N7O7S2. The number of thiazole rings is 1. The second kappa shape index (κ2) is 22.7. The van der Waals surface area contributed by atoms with Crippen molar-refractivity contribution in [3.05, 3.63) is 94.6 Å². The maximum absolute atomic E-state index is 13.9. The van der Waals surface area contributed by atoms with E-state index in [1.165, 1.54) is 6.07 Å². The zero-order valence-electron chi connectivity index (χ0n) is 39.6. The monoisotopic (exact) mass is 989 g/mol. The largest absolute Gasteiger partial charge is 0.494 e. The SMILES string of the molecule is Cc1ncsc1-c1ccc(CNC(=O)[C@@H]2CCCN2C(=O)C(NC(=O)COCCCOCCCCOc2cccc(N3C(=S)N(c4ccc(C#N)c(C(F)(F)F)c4)C(=O)C3(C)C)c2)C(C)(C)C)cc1. The molecule has 14 nitrogen and oxygen atoms in total. The van der Waals surface area contributed by atoms with Crippen molar-refractivity contribution in [2.45, 2.75) is 104 Å². The summed E-state index contributed by atoms with van der Waals surface area (Å²) in [5, 5.41) is 15.1. The van der Waals surface area contributed by atoms with Gasteiger partial charge in [0.1, 0.15) is 30.0 Å². The summed E-state index contributed by atoms with van der Waals surface area (Å²) in [7, 11) is 0. The molecule has 2 aliphatic rings. The molecule has 1 unspecified atom stereocenters. The van der Waals surface area contributed by atoms with E-state index in [0.717, 1.165) is 38.7 Å². The molecule has 69 heavy (non-hydrogen) atoms. The van der Waals surface area contributed by atoms with Crippen LogP contribution in [0.5, 0.6) is 5.75 Å². The second-order valence-electron chi connectivity index (χ2n) is 18.5. The maximum Gasteiger partial charge on any atom is 0.417 e. The Kier molecular flexibility index (Phi) is 17.2. The van der Waals surface area contributed by atoms with Gasteiger partial charge in [0.25, 0.3) is 5.91 Å². The quantitative estimate of drug-likeness (QED) is 0.0646. The van der Waals surface area contributed by atoms with Gasteiger partial charge in [-0.25, -0.2) is 4.98 Å². The Bertz CT molecular complexity index is 2540. The zero-order chi connectivity index (χ0) is 50.1. The third-order valence-corrected chi connectivity index (χ3v) is 13.2. The van der Waals surface area contributed by atoms with Crippen LogP contribution in [-0.4, -0.2) is 95.8 Å².